The van der Waals surface area contributed by atoms with Gasteiger partial charge in [-0.3, -0.25) is 4.68 Å². The first-order chi connectivity index (χ1) is 18.8. The van der Waals surface area contributed by atoms with Crippen molar-refractivity contribution in [1.82, 2.24) is 29.6 Å². The van der Waals surface area contributed by atoms with Crippen molar-refractivity contribution in [3.05, 3.63) is 78.9 Å². The van der Waals surface area contributed by atoms with Crippen molar-refractivity contribution in [2.75, 3.05) is 44.1 Å². The first-order valence-electron chi connectivity index (χ1n) is 12.7. The Morgan fingerprint density at radius 1 is 1.00 bits per heavy atom. The zero-order chi connectivity index (χ0) is 27.2. The van der Waals surface area contributed by atoms with E-state index in [1.54, 1.807) is 6.20 Å². The van der Waals surface area contributed by atoms with Crippen molar-refractivity contribution in [3.63, 3.8) is 0 Å². The highest BCUT2D eigenvalue weighted by Gasteiger charge is 2.10. The SMILES string of the molecule is CN(CCCOc1cc2c(Nc3ccc4c(cnn4Cc4ccccc4)c3)ncnc2cn1)CCS(C)(=O)=O. The normalized spacial score (nSPS) is 11.9. The molecule has 0 atom stereocenters. The lowest BCUT2D eigenvalue weighted by atomic mass is 10.2. The summed E-state index contributed by atoms with van der Waals surface area (Å²) in [5.41, 5.74) is 3.84. The molecule has 0 amide bonds. The molecule has 0 aliphatic rings. The monoisotopic (exact) mass is 545 g/mol. The van der Waals surface area contributed by atoms with E-state index in [4.69, 9.17) is 4.74 Å². The number of sulfone groups is 1. The van der Waals surface area contributed by atoms with Gasteiger partial charge in [-0.2, -0.15) is 5.10 Å². The molecule has 3 aromatic heterocycles. The molecule has 10 nitrogen and oxygen atoms in total. The van der Waals surface area contributed by atoms with Crippen molar-refractivity contribution in [2.45, 2.75) is 13.0 Å². The summed E-state index contributed by atoms with van der Waals surface area (Å²) in [6.07, 6.45) is 7.05. The Morgan fingerprint density at radius 2 is 1.85 bits per heavy atom. The lowest BCUT2D eigenvalue weighted by molar-refractivity contribution is 0.262. The summed E-state index contributed by atoms with van der Waals surface area (Å²) >= 11 is 0. The van der Waals surface area contributed by atoms with Gasteiger partial charge in [0.05, 0.1) is 42.3 Å². The van der Waals surface area contributed by atoms with Crippen LogP contribution in [0.2, 0.25) is 0 Å². The van der Waals surface area contributed by atoms with Crippen molar-refractivity contribution in [3.8, 4) is 5.88 Å². The van der Waals surface area contributed by atoms with Crippen LogP contribution < -0.4 is 10.1 Å². The van der Waals surface area contributed by atoms with Crippen LogP contribution in [0.5, 0.6) is 5.88 Å². The van der Waals surface area contributed by atoms with Gasteiger partial charge < -0.3 is 15.0 Å². The van der Waals surface area contributed by atoms with Crippen molar-refractivity contribution in [2.24, 2.45) is 0 Å². The molecule has 0 fully saturated rings. The third kappa shape index (κ3) is 7.06. The Balaban J connectivity index is 1.24. The molecule has 1 N–H and O–H groups in total. The van der Waals surface area contributed by atoms with Crippen LogP contribution in [0.25, 0.3) is 21.8 Å². The number of benzene rings is 2. The number of hydrogen-bond acceptors (Lipinski definition) is 9. The number of hydrogen-bond donors (Lipinski definition) is 1. The van der Waals surface area contributed by atoms with E-state index in [-0.39, 0.29) is 5.75 Å². The first kappa shape index (κ1) is 26.5. The third-order valence-corrected chi connectivity index (χ3v) is 7.28. The molecule has 0 saturated heterocycles. The highest BCUT2D eigenvalue weighted by molar-refractivity contribution is 7.90. The second-order valence-electron chi connectivity index (χ2n) is 9.58. The second-order valence-corrected chi connectivity index (χ2v) is 11.8. The van der Waals surface area contributed by atoms with Gasteiger partial charge in [0.2, 0.25) is 5.88 Å². The van der Waals surface area contributed by atoms with E-state index in [1.165, 1.54) is 18.1 Å². The van der Waals surface area contributed by atoms with Gasteiger partial charge in [-0.1, -0.05) is 30.3 Å². The van der Waals surface area contributed by atoms with E-state index in [9.17, 15) is 8.42 Å². The van der Waals surface area contributed by atoms with Crippen LogP contribution in [0.3, 0.4) is 0 Å². The largest absolute Gasteiger partial charge is 0.478 e. The number of rotatable bonds is 12. The average Bonchev–Trinajstić information content (AvgIpc) is 3.32. The minimum Gasteiger partial charge on any atom is -0.478 e. The van der Waals surface area contributed by atoms with Gasteiger partial charge in [-0.15, -0.1) is 0 Å². The van der Waals surface area contributed by atoms with E-state index < -0.39 is 9.84 Å². The van der Waals surface area contributed by atoms with Gasteiger partial charge in [0.1, 0.15) is 22.0 Å². The van der Waals surface area contributed by atoms with E-state index in [0.717, 1.165) is 34.9 Å². The van der Waals surface area contributed by atoms with E-state index in [1.807, 2.05) is 53.2 Å². The molecule has 0 bridgehead atoms. The summed E-state index contributed by atoms with van der Waals surface area (Å²) in [4.78, 5) is 15.2. The Morgan fingerprint density at radius 3 is 2.67 bits per heavy atom. The number of nitrogens with one attached hydrogen (secondary N) is 1. The molecule has 0 spiro atoms. The van der Waals surface area contributed by atoms with Crippen molar-refractivity contribution < 1.29 is 13.2 Å². The molecule has 0 saturated carbocycles. The number of anilines is 2. The summed E-state index contributed by atoms with van der Waals surface area (Å²) in [6, 6.07) is 18.2. The fourth-order valence-electron chi connectivity index (χ4n) is 4.25. The van der Waals surface area contributed by atoms with Crippen LogP contribution in [-0.4, -0.2) is 76.8 Å². The molecular weight excluding hydrogens is 514 g/mol. The second kappa shape index (κ2) is 11.7. The minimum absolute atomic E-state index is 0.148. The van der Waals surface area contributed by atoms with Gasteiger partial charge in [0, 0.05) is 41.9 Å². The Bertz CT molecular complexity index is 1670. The standard InChI is InChI=1S/C28H31N7O3S/c1-34(12-14-39(2,36)37)11-6-13-38-27-16-24-25(18-29-27)30-20-31-28(24)33-23-9-10-26-22(15-23)17-32-35(26)19-21-7-4-3-5-8-21/h3-5,7-10,15-18,20H,6,11-14,19H2,1-2H3,(H,30,31,33). The van der Waals surface area contributed by atoms with Crippen LogP contribution >= 0.6 is 0 Å². The molecule has 0 unspecified atom stereocenters. The number of nitrogens with zero attached hydrogens (tertiary/aromatic N) is 6. The zero-order valence-corrected chi connectivity index (χ0v) is 22.8. The van der Waals surface area contributed by atoms with Gasteiger partial charge >= 0.3 is 0 Å². The van der Waals surface area contributed by atoms with Crippen LogP contribution in [0.4, 0.5) is 11.5 Å². The lowest BCUT2D eigenvalue weighted by Crippen LogP contribution is -2.27. The molecule has 0 aliphatic carbocycles. The van der Waals surface area contributed by atoms with E-state index >= 15 is 0 Å². The maximum Gasteiger partial charge on any atom is 0.214 e. The predicted molar refractivity (Wildman–Crippen MR) is 153 cm³/mol. The Hall–Kier alpha value is -4.09. The smallest absolute Gasteiger partial charge is 0.214 e. The van der Waals surface area contributed by atoms with Gasteiger partial charge in [0.15, 0.2) is 0 Å². The first-order valence-corrected chi connectivity index (χ1v) is 14.8. The topological polar surface area (TPSA) is 115 Å². The third-order valence-electron chi connectivity index (χ3n) is 6.35. The molecule has 202 valence electrons. The molecular formula is C28H31N7O3S. The quantitative estimate of drug-likeness (QED) is 0.233. The van der Waals surface area contributed by atoms with E-state index in [2.05, 4.69) is 49.6 Å². The van der Waals surface area contributed by atoms with Crippen LogP contribution in [0.15, 0.2) is 73.3 Å². The summed E-state index contributed by atoms with van der Waals surface area (Å²) < 4.78 is 30.6. The van der Waals surface area contributed by atoms with E-state index in [0.29, 0.717) is 36.9 Å². The summed E-state index contributed by atoms with van der Waals surface area (Å²) in [6.45, 7) is 2.39. The molecule has 3 heterocycles. The fraction of sp³-hybridized carbons (Fsp3) is 0.286. The van der Waals surface area contributed by atoms with Crippen LogP contribution in [-0.2, 0) is 16.4 Å². The van der Waals surface area contributed by atoms with Crippen LogP contribution in [0, 0.1) is 0 Å². The average molecular weight is 546 g/mol. The van der Waals surface area contributed by atoms with Crippen molar-refractivity contribution in [1.29, 1.82) is 0 Å². The Kier molecular flexibility index (Phi) is 7.99. The zero-order valence-electron chi connectivity index (χ0n) is 22.0. The molecule has 5 rings (SSSR count). The van der Waals surface area contributed by atoms with Gasteiger partial charge in [0.25, 0.3) is 0 Å². The highest BCUT2D eigenvalue weighted by atomic mass is 32.2. The molecule has 0 radical (unpaired) electrons. The maximum absolute atomic E-state index is 11.3. The number of ether oxygens (including phenoxy) is 1. The highest BCUT2D eigenvalue weighted by Crippen LogP contribution is 2.27. The van der Waals surface area contributed by atoms with Crippen LogP contribution in [0.1, 0.15) is 12.0 Å². The number of aromatic nitrogens is 5. The summed E-state index contributed by atoms with van der Waals surface area (Å²) in [7, 11) is -1.06. The molecule has 39 heavy (non-hydrogen) atoms. The predicted octanol–water partition coefficient (Wildman–Crippen LogP) is 3.91. The maximum atomic E-state index is 11.3. The number of fused-ring (bicyclic) bond motifs is 2. The number of pyridine rings is 1. The Labute approximate surface area is 227 Å². The minimum atomic E-state index is -2.97. The van der Waals surface area contributed by atoms with Gasteiger partial charge in [-0.05, 0) is 37.2 Å². The fourth-order valence-corrected chi connectivity index (χ4v) is 4.89. The van der Waals surface area contributed by atoms with Gasteiger partial charge in [-0.25, -0.2) is 23.4 Å². The summed E-state index contributed by atoms with van der Waals surface area (Å²) in [5.74, 6) is 1.29. The summed E-state index contributed by atoms with van der Waals surface area (Å²) in [5, 5.41) is 9.81. The lowest BCUT2D eigenvalue weighted by Gasteiger charge is -2.16. The van der Waals surface area contributed by atoms with Crippen molar-refractivity contribution >= 4 is 43.1 Å². The molecule has 11 heteroatoms. The molecule has 5 aromatic rings. The molecule has 0 aliphatic heterocycles. The molecule has 2 aromatic carbocycles.